The number of aromatic nitrogens is 3. The Kier molecular flexibility index (Phi) is 4.06. The third-order valence-electron chi connectivity index (χ3n) is 2.95. The molecular weight excluding hydrogens is 234 g/mol. The van der Waals surface area contributed by atoms with Crippen LogP contribution in [-0.4, -0.2) is 50.0 Å². The van der Waals surface area contributed by atoms with Gasteiger partial charge in [0.15, 0.2) is 0 Å². The number of nitrogens with two attached hydrogens (primary N) is 1. The molecule has 0 atom stereocenters. The Hall–Kier alpha value is -0.590. The summed E-state index contributed by atoms with van der Waals surface area (Å²) in [6.45, 7) is 9.35. The van der Waals surface area contributed by atoms with Crippen molar-refractivity contribution in [2.24, 2.45) is 5.73 Å². The van der Waals surface area contributed by atoms with Gasteiger partial charge >= 0.3 is 0 Å². The number of rotatable bonds is 4. The molecule has 1 aromatic heterocycles. The van der Waals surface area contributed by atoms with Crippen molar-refractivity contribution in [1.29, 1.82) is 0 Å². The van der Waals surface area contributed by atoms with Crippen LogP contribution >= 0.6 is 11.8 Å². The Balaban J connectivity index is 1.81. The fraction of sp³-hybridized carbons (Fsp3) is 0.818. The van der Waals surface area contributed by atoms with Gasteiger partial charge in [-0.1, -0.05) is 5.21 Å². The van der Waals surface area contributed by atoms with E-state index in [1.54, 1.807) is 0 Å². The van der Waals surface area contributed by atoms with E-state index in [1.165, 1.54) is 12.3 Å². The Bertz CT molecular complexity index is 362. The van der Waals surface area contributed by atoms with Crippen molar-refractivity contribution in [3.05, 3.63) is 11.9 Å². The van der Waals surface area contributed by atoms with E-state index in [-0.39, 0.29) is 0 Å². The highest BCUT2D eigenvalue weighted by atomic mass is 32.2. The van der Waals surface area contributed by atoms with Crippen LogP contribution in [0.2, 0.25) is 0 Å². The van der Waals surface area contributed by atoms with Crippen molar-refractivity contribution in [1.82, 2.24) is 19.9 Å². The maximum absolute atomic E-state index is 5.51. The zero-order chi connectivity index (χ0) is 12.3. The van der Waals surface area contributed by atoms with Gasteiger partial charge in [-0.25, -0.2) is 0 Å². The molecule has 0 aromatic carbocycles. The van der Waals surface area contributed by atoms with Gasteiger partial charge in [-0.05, 0) is 13.8 Å². The van der Waals surface area contributed by atoms with Gasteiger partial charge in [-0.3, -0.25) is 9.58 Å². The van der Waals surface area contributed by atoms with Gasteiger partial charge < -0.3 is 5.73 Å². The second-order valence-corrected chi connectivity index (χ2v) is 6.86. The van der Waals surface area contributed by atoms with E-state index < -0.39 is 0 Å². The predicted molar refractivity (Wildman–Crippen MR) is 70.9 cm³/mol. The summed E-state index contributed by atoms with van der Waals surface area (Å²) in [7, 11) is 0. The Morgan fingerprint density at radius 2 is 2.29 bits per heavy atom. The Labute approximate surface area is 107 Å². The standard InChI is InChI=1S/C11H21N5S/c1-11(2)9-15(5-6-17-11)3-4-16-8-10(7-12)13-14-16/h8H,3-7,9,12H2,1-2H3. The number of nitrogens with zero attached hydrogens (tertiary/aromatic N) is 4. The highest BCUT2D eigenvalue weighted by molar-refractivity contribution is 8.00. The molecule has 0 aliphatic carbocycles. The molecule has 1 saturated heterocycles. The number of hydrogen-bond acceptors (Lipinski definition) is 5. The molecule has 0 amide bonds. The molecule has 96 valence electrons. The summed E-state index contributed by atoms with van der Waals surface area (Å²) in [6.07, 6.45) is 1.93. The normalized spacial score (nSPS) is 20.6. The minimum absolute atomic E-state index is 0.378. The lowest BCUT2D eigenvalue weighted by molar-refractivity contribution is 0.246. The Morgan fingerprint density at radius 1 is 1.47 bits per heavy atom. The Morgan fingerprint density at radius 3 is 2.94 bits per heavy atom. The summed E-state index contributed by atoms with van der Waals surface area (Å²) < 4.78 is 2.26. The lowest BCUT2D eigenvalue weighted by Crippen LogP contribution is -2.44. The highest BCUT2D eigenvalue weighted by Gasteiger charge is 2.26. The SMILES string of the molecule is CC1(C)CN(CCn2cc(CN)nn2)CCS1. The average Bonchev–Trinajstić information content (AvgIpc) is 2.73. The van der Waals surface area contributed by atoms with E-state index in [9.17, 15) is 0 Å². The molecule has 1 aliphatic heterocycles. The van der Waals surface area contributed by atoms with Crippen molar-refractivity contribution in [3.63, 3.8) is 0 Å². The van der Waals surface area contributed by atoms with Gasteiger partial charge in [-0.2, -0.15) is 11.8 Å². The van der Waals surface area contributed by atoms with Gasteiger partial charge in [0.25, 0.3) is 0 Å². The van der Waals surface area contributed by atoms with Gasteiger partial charge in [-0.15, -0.1) is 5.10 Å². The maximum atomic E-state index is 5.51. The van der Waals surface area contributed by atoms with Crippen molar-refractivity contribution in [2.45, 2.75) is 31.7 Å². The van der Waals surface area contributed by atoms with Gasteiger partial charge in [0, 0.05) is 42.9 Å². The summed E-state index contributed by atoms with van der Waals surface area (Å²) >= 11 is 2.06. The van der Waals surface area contributed by atoms with Gasteiger partial charge in [0.05, 0.1) is 12.2 Å². The third kappa shape index (κ3) is 3.69. The molecule has 0 spiro atoms. The van der Waals surface area contributed by atoms with Gasteiger partial charge in [0.1, 0.15) is 0 Å². The van der Waals surface area contributed by atoms with Crippen LogP contribution in [0.4, 0.5) is 0 Å². The summed E-state index contributed by atoms with van der Waals surface area (Å²) in [5.41, 5.74) is 6.37. The summed E-state index contributed by atoms with van der Waals surface area (Å²) in [6, 6.07) is 0. The first kappa shape index (κ1) is 12.9. The molecular formula is C11H21N5S. The zero-order valence-electron chi connectivity index (χ0n) is 10.6. The van der Waals surface area contributed by atoms with Crippen molar-refractivity contribution >= 4 is 11.8 Å². The topological polar surface area (TPSA) is 60.0 Å². The molecule has 0 radical (unpaired) electrons. The van der Waals surface area contributed by atoms with E-state index in [1.807, 2.05) is 10.9 Å². The summed E-state index contributed by atoms with van der Waals surface area (Å²) in [5.74, 6) is 1.22. The van der Waals surface area contributed by atoms with Crippen LogP contribution in [0.15, 0.2) is 6.20 Å². The number of hydrogen-bond donors (Lipinski definition) is 1. The zero-order valence-corrected chi connectivity index (χ0v) is 11.4. The van der Waals surface area contributed by atoms with Crippen LogP contribution in [0.25, 0.3) is 0 Å². The second-order valence-electron chi connectivity index (χ2n) is 5.06. The smallest absolute Gasteiger partial charge is 0.0962 e. The minimum atomic E-state index is 0.378. The molecule has 0 saturated carbocycles. The monoisotopic (exact) mass is 255 g/mol. The number of thioether (sulfide) groups is 1. The van der Waals surface area contributed by atoms with Crippen LogP contribution in [0.1, 0.15) is 19.5 Å². The summed E-state index contributed by atoms with van der Waals surface area (Å²) in [5, 5.41) is 8.05. The predicted octanol–water partition coefficient (Wildman–Crippen LogP) is 0.564. The van der Waals surface area contributed by atoms with E-state index in [0.29, 0.717) is 11.3 Å². The van der Waals surface area contributed by atoms with Crippen molar-refractivity contribution in [2.75, 3.05) is 25.4 Å². The second kappa shape index (κ2) is 5.37. The van der Waals surface area contributed by atoms with Crippen molar-refractivity contribution < 1.29 is 0 Å². The molecule has 1 aromatic rings. The molecule has 0 unspecified atom stereocenters. The van der Waals surface area contributed by atoms with Crippen LogP contribution < -0.4 is 5.73 Å². The maximum Gasteiger partial charge on any atom is 0.0962 e. The molecule has 17 heavy (non-hydrogen) atoms. The fourth-order valence-electron chi connectivity index (χ4n) is 2.09. The van der Waals surface area contributed by atoms with E-state index >= 15 is 0 Å². The third-order valence-corrected chi connectivity index (χ3v) is 4.24. The largest absolute Gasteiger partial charge is 0.325 e. The van der Waals surface area contributed by atoms with E-state index in [2.05, 4.69) is 40.8 Å². The molecule has 5 nitrogen and oxygen atoms in total. The molecule has 1 aliphatic rings. The fourth-order valence-corrected chi connectivity index (χ4v) is 3.27. The minimum Gasteiger partial charge on any atom is -0.325 e. The lowest BCUT2D eigenvalue weighted by Gasteiger charge is -2.37. The molecule has 2 rings (SSSR count). The molecule has 1 fully saturated rings. The van der Waals surface area contributed by atoms with Gasteiger partial charge in [0.2, 0.25) is 0 Å². The average molecular weight is 255 g/mol. The lowest BCUT2D eigenvalue weighted by atomic mass is 10.2. The van der Waals surface area contributed by atoms with Crippen LogP contribution in [-0.2, 0) is 13.1 Å². The first-order chi connectivity index (χ1) is 8.09. The van der Waals surface area contributed by atoms with Crippen LogP contribution in [0.3, 0.4) is 0 Å². The quantitative estimate of drug-likeness (QED) is 0.852. The first-order valence-corrected chi connectivity index (χ1v) is 7.03. The van der Waals surface area contributed by atoms with Crippen LogP contribution in [0.5, 0.6) is 0 Å². The molecule has 2 N–H and O–H groups in total. The first-order valence-electron chi connectivity index (χ1n) is 6.04. The van der Waals surface area contributed by atoms with E-state index in [4.69, 9.17) is 5.73 Å². The van der Waals surface area contributed by atoms with Crippen LogP contribution in [0, 0.1) is 0 Å². The molecule has 2 heterocycles. The highest BCUT2D eigenvalue weighted by Crippen LogP contribution is 2.29. The van der Waals surface area contributed by atoms with E-state index in [0.717, 1.165) is 25.3 Å². The summed E-state index contributed by atoms with van der Waals surface area (Å²) in [4.78, 5) is 2.50. The molecule has 0 bridgehead atoms. The molecule has 6 heteroatoms. The van der Waals surface area contributed by atoms with Crippen molar-refractivity contribution in [3.8, 4) is 0 Å².